The van der Waals surface area contributed by atoms with Crippen LogP contribution >= 0.6 is 0 Å². The second-order valence-electron chi connectivity index (χ2n) is 5.09. The van der Waals surface area contributed by atoms with E-state index in [1.807, 2.05) is 0 Å². The number of hydrogen-bond acceptors (Lipinski definition) is 1. The van der Waals surface area contributed by atoms with Crippen LogP contribution in [-0.4, -0.2) is 11.2 Å². The van der Waals surface area contributed by atoms with Crippen LogP contribution in [-0.2, 0) is 0 Å². The second-order valence-corrected chi connectivity index (χ2v) is 5.09. The van der Waals surface area contributed by atoms with Crippen molar-refractivity contribution in [1.29, 1.82) is 0 Å². The van der Waals surface area contributed by atoms with Gasteiger partial charge in [-0.2, -0.15) is 0 Å². The molecular weight excluding hydrogens is 208 g/mol. The number of benzene rings is 2. The Labute approximate surface area is 101 Å². The molecule has 0 saturated heterocycles. The van der Waals surface area contributed by atoms with Gasteiger partial charge in [0.2, 0.25) is 0 Å². The quantitative estimate of drug-likeness (QED) is 0.726. The van der Waals surface area contributed by atoms with E-state index in [1.54, 1.807) is 0 Å². The third-order valence-electron chi connectivity index (χ3n) is 4.27. The smallest absolute Gasteiger partial charge is 0.0658 e. The van der Waals surface area contributed by atoms with E-state index in [4.69, 9.17) is 0 Å². The fourth-order valence-corrected chi connectivity index (χ4v) is 3.60. The first-order valence-corrected chi connectivity index (χ1v) is 6.22. The molecule has 3 aliphatic carbocycles. The molecule has 2 aromatic rings. The third kappa shape index (κ3) is 1.12. The molecule has 2 bridgehead atoms. The van der Waals surface area contributed by atoms with Crippen molar-refractivity contribution in [3.05, 3.63) is 70.8 Å². The summed E-state index contributed by atoms with van der Waals surface area (Å²) in [5.41, 5.74) is 5.49. The largest absolute Gasteiger partial charge is 0.392 e. The van der Waals surface area contributed by atoms with Crippen molar-refractivity contribution < 1.29 is 5.11 Å². The number of aliphatic hydroxyl groups excluding tert-OH is 1. The van der Waals surface area contributed by atoms with Gasteiger partial charge in [-0.15, -0.1) is 0 Å². The molecule has 0 aromatic heterocycles. The van der Waals surface area contributed by atoms with E-state index in [0.717, 1.165) is 6.42 Å². The van der Waals surface area contributed by atoms with Gasteiger partial charge in [-0.3, -0.25) is 0 Å². The third-order valence-corrected chi connectivity index (χ3v) is 4.27. The maximum atomic E-state index is 10.3. The van der Waals surface area contributed by atoms with Crippen molar-refractivity contribution >= 4 is 0 Å². The standard InChI is InChI=1S/C16H14O/c17-15-9-14-10-5-1-3-7-12(10)16(15)13-8-4-2-6-11(13)14/h1-8,14-17H,9H2. The SMILES string of the molecule is OC1CC2c3ccccc3C1c1ccccc12. The molecule has 0 saturated carbocycles. The first-order chi connectivity index (χ1) is 8.36. The fraction of sp³-hybridized carbons (Fsp3) is 0.250. The van der Waals surface area contributed by atoms with Gasteiger partial charge in [-0.25, -0.2) is 0 Å². The number of aliphatic hydroxyl groups is 1. The highest BCUT2D eigenvalue weighted by Crippen LogP contribution is 2.52. The monoisotopic (exact) mass is 222 g/mol. The number of rotatable bonds is 0. The minimum atomic E-state index is -0.218. The van der Waals surface area contributed by atoms with Gasteiger partial charge in [0.05, 0.1) is 6.10 Å². The molecule has 1 heteroatoms. The predicted octanol–water partition coefficient (Wildman–Crippen LogP) is 3.03. The highest BCUT2D eigenvalue weighted by Gasteiger charge is 2.42. The van der Waals surface area contributed by atoms with Gasteiger partial charge in [0, 0.05) is 11.8 Å². The van der Waals surface area contributed by atoms with Crippen LogP contribution in [0, 0.1) is 0 Å². The lowest BCUT2D eigenvalue weighted by molar-refractivity contribution is 0.124. The summed E-state index contributed by atoms with van der Waals surface area (Å²) in [5, 5.41) is 10.3. The molecule has 0 fully saturated rings. The normalized spacial score (nSPS) is 28.6. The predicted molar refractivity (Wildman–Crippen MR) is 67.2 cm³/mol. The van der Waals surface area contributed by atoms with Gasteiger partial charge in [0.25, 0.3) is 0 Å². The molecule has 0 amide bonds. The van der Waals surface area contributed by atoms with Gasteiger partial charge in [0.15, 0.2) is 0 Å². The molecule has 0 spiro atoms. The molecule has 1 unspecified atom stereocenters. The minimum absolute atomic E-state index is 0.187. The minimum Gasteiger partial charge on any atom is -0.392 e. The molecular formula is C16H14O. The first kappa shape index (κ1) is 9.43. The molecule has 0 heterocycles. The average Bonchev–Trinajstić information content (AvgIpc) is 2.39. The van der Waals surface area contributed by atoms with E-state index in [-0.39, 0.29) is 12.0 Å². The molecule has 3 aliphatic rings. The van der Waals surface area contributed by atoms with Crippen LogP contribution < -0.4 is 0 Å². The van der Waals surface area contributed by atoms with Crippen LogP contribution in [0.25, 0.3) is 0 Å². The molecule has 1 nitrogen and oxygen atoms in total. The van der Waals surface area contributed by atoms with Crippen molar-refractivity contribution in [2.75, 3.05) is 0 Å². The second kappa shape index (κ2) is 3.21. The van der Waals surface area contributed by atoms with E-state index >= 15 is 0 Å². The van der Waals surface area contributed by atoms with Gasteiger partial charge in [-0.1, -0.05) is 48.5 Å². The van der Waals surface area contributed by atoms with Gasteiger partial charge in [-0.05, 0) is 28.7 Å². The van der Waals surface area contributed by atoms with Gasteiger partial charge < -0.3 is 5.11 Å². The number of hydrogen-bond donors (Lipinski definition) is 1. The van der Waals surface area contributed by atoms with Crippen molar-refractivity contribution in [3.8, 4) is 0 Å². The summed E-state index contributed by atoms with van der Waals surface area (Å²) in [6.45, 7) is 0. The lowest BCUT2D eigenvalue weighted by atomic mass is 9.62. The molecule has 1 N–H and O–H groups in total. The van der Waals surface area contributed by atoms with Crippen LogP contribution in [0.15, 0.2) is 48.5 Å². The van der Waals surface area contributed by atoms with Gasteiger partial charge >= 0.3 is 0 Å². The molecule has 2 aromatic carbocycles. The maximum Gasteiger partial charge on any atom is 0.0658 e. The van der Waals surface area contributed by atoms with E-state index in [1.165, 1.54) is 22.3 Å². The summed E-state index contributed by atoms with van der Waals surface area (Å²) >= 11 is 0. The Morgan fingerprint density at radius 1 is 0.765 bits per heavy atom. The van der Waals surface area contributed by atoms with E-state index < -0.39 is 0 Å². The first-order valence-electron chi connectivity index (χ1n) is 6.22. The summed E-state index contributed by atoms with van der Waals surface area (Å²) < 4.78 is 0. The van der Waals surface area contributed by atoms with E-state index in [9.17, 15) is 5.11 Å². The molecule has 0 aliphatic heterocycles. The summed E-state index contributed by atoms with van der Waals surface area (Å²) in [4.78, 5) is 0. The Kier molecular flexibility index (Phi) is 1.78. The number of fused-ring (bicyclic) bond motifs is 1. The van der Waals surface area contributed by atoms with Crippen molar-refractivity contribution in [1.82, 2.24) is 0 Å². The molecule has 84 valence electrons. The average molecular weight is 222 g/mol. The zero-order valence-corrected chi connectivity index (χ0v) is 9.51. The van der Waals surface area contributed by atoms with Crippen LogP contribution in [0.1, 0.15) is 40.5 Å². The lowest BCUT2D eigenvalue weighted by Crippen LogP contribution is -2.35. The highest BCUT2D eigenvalue weighted by atomic mass is 16.3. The van der Waals surface area contributed by atoms with Crippen LogP contribution in [0.3, 0.4) is 0 Å². The lowest BCUT2D eigenvalue weighted by Gasteiger charge is -2.43. The maximum absolute atomic E-state index is 10.3. The van der Waals surface area contributed by atoms with Crippen molar-refractivity contribution in [2.24, 2.45) is 0 Å². The fourth-order valence-electron chi connectivity index (χ4n) is 3.60. The van der Waals surface area contributed by atoms with Crippen molar-refractivity contribution in [3.63, 3.8) is 0 Å². The zero-order valence-electron chi connectivity index (χ0n) is 9.51. The molecule has 0 radical (unpaired) electrons. The zero-order chi connectivity index (χ0) is 11.4. The molecule has 1 atom stereocenters. The Bertz CT molecular complexity index is 540. The Morgan fingerprint density at radius 3 is 1.76 bits per heavy atom. The van der Waals surface area contributed by atoms with E-state index in [0.29, 0.717) is 5.92 Å². The summed E-state index contributed by atoms with van der Waals surface area (Å²) in [7, 11) is 0. The van der Waals surface area contributed by atoms with Crippen LogP contribution in [0.4, 0.5) is 0 Å². The summed E-state index contributed by atoms with van der Waals surface area (Å²) in [5.74, 6) is 0.579. The van der Waals surface area contributed by atoms with E-state index in [2.05, 4.69) is 48.5 Å². The molecule has 17 heavy (non-hydrogen) atoms. The van der Waals surface area contributed by atoms with Crippen LogP contribution in [0.2, 0.25) is 0 Å². The topological polar surface area (TPSA) is 20.2 Å². The van der Waals surface area contributed by atoms with Crippen LogP contribution in [0.5, 0.6) is 0 Å². The van der Waals surface area contributed by atoms with Gasteiger partial charge in [0.1, 0.15) is 0 Å². The molecule has 5 rings (SSSR count). The van der Waals surface area contributed by atoms with Crippen molar-refractivity contribution in [2.45, 2.75) is 24.4 Å². The highest BCUT2D eigenvalue weighted by molar-refractivity contribution is 5.55. The summed E-state index contributed by atoms with van der Waals surface area (Å²) in [6.07, 6.45) is 0.656. The Hall–Kier alpha value is -1.60. The Balaban J connectivity index is 2.04. The summed E-state index contributed by atoms with van der Waals surface area (Å²) in [6, 6.07) is 17.1. The Morgan fingerprint density at radius 2 is 1.24 bits per heavy atom.